The molecule has 23 heavy (non-hydrogen) atoms. The molecule has 2 N–H and O–H groups in total. The van der Waals surface area contributed by atoms with Crippen LogP contribution in [0.4, 0.5) is 0 Å². The van der Waals surface area contributed by atoms with Crippen LogP contribution in [0.1, 0.15) is 17.0 Å². The Morgan fingerprint density at radius 3 is 2.87 bits per heavy atom. The zero-order chi connectivity index (χ0) is 15.8. The quantitative estimate of drug-likeness (QED) is 0.753. The summed E-state index contributed by atoms with van der Waals surface area (Å²) in [5.74, 6) is 0.735. The highest BCUT2D eigenvalue weighted by Crippen LogP contribution is 2.14. The predicted molar refractivity (Wildman–Crippen MR) is 90.8 cm³/mol. The average Bonchev–Trinajstić information content (AvgIpc) is 2.55. The van der Waals surface area contributed by atoms with Crippen molar-refractivity contribution >= 4 is 22.5 Å². The topological polar surface area (TPSA) is 50.2 Å². The summed E-state index contributed by atoms with van der Waals surface area (Å²) in [6, 6.07) is 13.8. The Morgan fingerprint density at radius 2 is 2.00 bits per heavy atom. The van der Waals surface area contributed by atoms with Crippen LogP contribution in [-0.2, 0) is 19.5 Å². The number of nitrogens with one attached hydrogen (secondary N) is 2. The van der Waals surface area contributed by atoms with Crippen LogP contribution in [0, 0.1) is 0 Å². The van der Waals surface area contributed by atoms with Gasteiger partial charge in [-0.2, -0.15) is 0 Å². The normalized spacial score (nSPS) is 17.2. The van der Waals surface area contributed by atoms with Crippen molar-refractivity contribution in [2.24, 2.45) is 0 Å². The molecule has 2 heterocycles. The lowest BCUT2D eigenvalue weighted by Crippen LogP contribution is -3.10. The molecule has 0 saturated carbocycles. The van der Waals surface area contributed by atoms with Gasteiger partial charge in [-0.3, -0.25) is 4.79 Å². The van der Waals surface area contributed by atoms with Gasteiger partial charge in [-0.15, -0.1) is 0 Å². The number of nitrogens with zero attached hydrogens (tertiary/aromatic N) is 1. The fraction of sp³-hybridized carbons (Fsp3) is 0.222. The monoisotopic (exact) mass is 326 g/mol. The first-order valence-electron chi connectivity index (χ1n) is 7.78. The summed E-state index contributed by atoms with van der Waals surface area (Å²) in [6.45, 7) is 2.75. The molecule has 5 heteroatoms. The third-order valence-corrected chi connectivity index (χ3v) is 4.68. The second kappa shape index (κ2) is 5.80. The van der Waals surface area contributed by atoms with Gasteiger partial charge in [0.25, 0.3) is 5.56 Å². The van der Waals surface area contributed by atoms with Crippen molar-refractivity contribution in [1.29, 1.82) is 0 Å². The van der Waals surface area contributed by atoms with Crippen molar-refractivity contribution in [2.75, 3.05) is 6.54 Å². The highest BCUT2D eigenvalue weighted by Gasteiger charge is 2.20. The second-order valence-electron chi connectivity index (χ2n) is 6.05. The summed E-state index contributed by atoms with van der Waals surface area (Å²) in [6.07, 6.45) is 1.07. The Labute approximate surface area is 138 Å². The number of aromatic nitrogens is 2. The Morgan fingerprint density at radius 1 is 1.17 bits per heavy atom. The Hall–Kier alpha value is -2.17. The molecule has 0 spiro atoms. The Kier molecular flexibility index (Phi) is 3.63. The summed E-state index contributed by atoms with van der Waals surface area (Å²) >= 11 is 5.95. The van der Waals surface area contributed by atoms with Crippen LogP contribution in [0.3, 0.4) is 0 Å². The van der Waals surface area contributed by atoms with E-state index < -0.39 is 0 Å². The Bertz CT molecular complexity index is 935. The maximum atomic E-state index is 12.2. The molecule has 1 atom stereocenters. The van der Waals surface area contributed by atoms with Crippen molar-refractivity contribution in [3.8, 4) is 0 Å². The van der Waals surface area contributed by atoms with E-state index in [1.165, 1.54) is 16.0 Å². The fourth-order valence-corrected chi connectivity index (χ4v) is 3.45. The molecule has 2 aromatic carbocycles. The zero-order valence-electron chi connectivity index (χ0n) is 12.6. The number of H-pyrrole nitrogens is 1. The first-order valence-corrected chi connectivity index (χ1v) is 8.15. The van der Waals surface area contributed by atoms with Crippen LogP contribution in [0.2, 0.25) is 5.02 Å². The SMILES string of the molecule is O=c1[nH]c(C[NH+]2CCc3ccccc3C2)nc2ccc(Cl)cc12. The lowest BCUT2D eigenvalue weighted by molar-refractivity contribution is -0.930. The first-order chi connectivity index (χ1) is 11.2. The molecule has 1 unspecified atom stereocenters. The molecule has 1 aromatic heterocycles. The smallest absolute Gasteiger partial charge is 0.258 e. The van der Waals surface area contributed by atoms with Gasteiger partial charge < -0.3 is 9.88 Å². The standard InChI is InChI=1S/C18H16ClN3O/c19-14-5-6-16-15(9-14)18(23)21-17(20-16)11-22-8-7-12-3-1-2-4-13(12)10-22/h1-6,9H,7-8,10-11H2,(H,20,21,23)/p+1. The van der Waals surface area contributed by atoms with Crippen LogP contribution >= 0.6 is 11.6 Å². The number of halogens is 1. The summed E-state index contributed by atoms with van der Waals surface area (Å²) in [5, 5.41) is 1.09. The third kappa shape index (κ3) is 2.87. The minimum atomic E-state index is -0.121. The van der Waals surface area contributed by atoms with Crippen molar-refractivity contribution in [1.82, 2.24) is 9.97 Å². The summed E-state index contributed by atoms with van der Waals surface area (Å²) in [5.41, 5.74) is 3.41. The summed E-state index contributed by atoms with van der Waals surface area (Å²) in [4.78, 5) is 21.1. The van der Waals surface area contributed by atoms with Gasteiger partial charge in [-0.1, -0.05) is 35.9 Å². The molecule has 0 fully saturated rings. The number of fused-ring (bicyclic) bond motifs is 2. The van der Waals surface area contributed by atoms with Gasteiger partial charge in [0.15, 0.2) is 5.82 Å². The van der Waals surface area contributed by atoms with E-state index in [0.29, 0.717) is 15.9 Å². The number of hydrogen-bond donors (Lipinski definition) is 2. The molecule has 3 aromatic rings. The Balaban J connectivity index is 1.61. The van der Waals surface area contributed by atoms with E-state index in [4.69, 9.17) is 11.6 Å². The number of quaternary nitrogens is 1. The highest BCUT2D eigenvalue weighted by atomic mass is 35.5. The van der Waals surface area contributed by atoms with Crippen LogP contribution in [0.25, 0.3) is 10.9 Å². The van der Waals surface area contributed by atoms with E-state index >= 15 is 0 Å². The van der Waals surface area contributed by atoms with Gasteiger partial charge in [-0.05, 0) is 23.8 Å². The number of rotatable bonds is 2. The molecule has 1 aliphatic heterocycles. The van der Waals surface area contributed by atoms with Crippen molar-refractivity contribution in [3.05, 3.63) is 74.8 Å². The average molecular weight is 327 g/mol. The van der Waals surface area contributed by atoms with Gasteiger partial charge in [-0.25, -0.2) is 4.98 Å². The molecule has 4 nitrogen and oxygen atoms in total. The molecule has 0 radical (unpaired) electrons. The third-order valence-electron chi connectivity index (χ3n) is 4.44. The van der Waals surface area contributed by atoms with Crippen LogP contribution in [0.5, 0.6) is 0 Å². The molecule has 0 bridgehead atoms. The summed E-state index contributed by atoms with van der Waals surface area (Å²) in [7, 11) is 0. The molecule has 0 saturated heterocycles. The second-order valence-corrected chi connectivity index (χ2v) is 6.48. The van der Waals surface area contributed by atoms with Crippen molar-refractivity contribution < 1.29 is 4.90 Å². The summed E-state index contributed by atoms with van der Waals surface area (Å²) < 4.78 is 0. The molecule has 116 valence electrons. The molecule has 0 aliphatic carbocycles. The van der Waals surface area contributed by atoms with Crippen LogP contribution in [0.15, 0.2) is 47.3 Å². The molecular formula is C18H17ClN3O+. The fourth-order valence-electron chi connectivity index (χ4n) is 3.27. The number of aromatic amines is 1. The van der Waals surface area contributed by atoms with E-state index in [9.17, 15) is 4.79 Å². The molecule has 0 amide bonds. The van der Waals surface area contributed by atoms with E-state index in [2.05, 4.69) is 34.2 Å². The molecular weight excluding hydrogens is 310 g/mol. The number of benzene rings is 2. The molecule has 1 aliphatic rings. The minimum absolute atomic E-state index is 0.121. The van der Waals surface area contributed by atoms with E-state index in [-0.39, 0.29) is 5.56 Å². The van der Waals surface area contributed by atoms with Gasteiger partial charge >= 0.3 is 0 Å². The lowest BCUT2D eigenvalue weighted by Gasteiger charge is -2.25. The molecule has 4 rings (SSSR count). The van der Waals surface area contributed by atoms with Gasteiger partial charge in [0, 0.05) is 17.0 Å². The minimum Gasteiger partial charge on any atom is -0.325 e. The van der Waals surface area contributed by atoms with Gasteiger partial charge in [0.05, 0.1) is 17.4 Å². The number of hydrogen-bond acceptors (Lipinski definition) is 2. The van der Waals surface area contributed by atoms with Gasteiger partial charge in [0.2, 0.25) is 0 Å². The van der Waals surface area contributed by atoms with Crippen LogP contribution < -0.4 is 10.5 Å². The predicted octanol–water partition coefficient (Wildman–Crippen LogP) is 1.72. The lowest BCUT2D eigenvalue weighted by atomic mass is 10.00. The largest absolute Gasteiger partial charge is 0.325 e. The maximum absolute atomic E-state index is 12.2. The van der Waals surface area contributed by atoms with E-state index in [0.717, 1.165) is 31.9 Å². The van der Waals surface area contributed by atoms with Crippen molar-refractivity contribution in [3.63, 3.8) is 0 Å². The van der Waals surface area contributed by atoms with Crippen LogP contribution in [-0.4, -0.2) is 16.5 Å². The van der Waals surface area contributed by atoms with Crippen molar-refractivity contribution in [2.45, 2.75) is 19.5 Å². The first kappa shape index (κ1) is 14.4. The van der Waals surface area contributed by atoms with E-state index in [1.807, 2.05) is 0 Å². The highest BCUT2D eigenvalue weighted by molar-refractivity contribution is 6.31. The zero-order valence-corrected chi connectivity index (χ0v) is 13.4. The van der Waals surface area contributed by atoms with E-state index in [1.54, 1.807) is 18.2 Å². The maximum Gasteiger partial charge on any atom is 0.258 e. The van der Waals surface area contributed by atoms with Gasteiger partial charge in [0.1, 0.15) is 13.1 Å².